The molecule has 0 heterocycles. The van der Waals surface area contributed by atoms with E-state index in [2.05, 4.69) is 33.0 Å². The molecule has 0 amide bonds. The molecule has 0 radical (unpaired) electrons. The van der Waals surface area contributed by atoms with Gasteiger partial charge in [0, 0.05) is 6.54 Å². The minimum atomic E-state index is -0.434. The van der Waals surface area contributed by atoms with Crippen molar-refractivity contribution < 1.29 is 5.11 Å². The molecule has 2 N–H and O–H groups in total. The van der Waals surface area contributed by atoms with E-state index in [1.165, 1.54) is 12.8 Å². The predicted molar refractivity (Wildman–Crippen MR) is 69.5 cm³/mol. The van der Waals surface area contributed by atoms with Crippen LogP contribution in [0.1, 0.15) is 59.8 Å². The molecule has 0 unspecified atom stereocenters. The summed E-state index contributed by atoms with van der Waals surface area (Å²) in [6.07, 6.45) is 5.42. The Bertz CT molecular complexity index is 199. The first-order chi connectivity index (χ1) is 7.37. The highest BCUT2D eigenvalue weighted by Gasteiger charge is 2.36. The molecule has 1 aliphatic rings. The topological polar surface area (TPSA) is 32.3 Å². The summed E-state index contributed by atoms with van der Waals surface area (Å²) >= 11 is 0. The quantitative estimate of drug-likeness (QED) is 0.724. The van der Waals surface area contributed by atoms with E-state index in [0.29, 0.717) is 5.41 Å². The maximum absolute atomic E-state index is 10.4. The molecule has 0 bridgehead atoms. The summed E-state index contributed by atoms with van der Waals surface area (Å²) in [6.45, 7) is 10.9. The van der Waals surface area contributed by atoms with E-state index in [9.17, 15) is 5.11 Å². The van der Waals surface area contributed by atoms with Crippen molar-refractivity contribution in [2.45, 2.75) is 65.4 Å². The molecule has 0 saturated heterocycles. The van der Waals surface area contributed by atoms with Crippen molar-refractivity contribution >= 4 is 0 Å². The Morgan fingerprint density at radius 3 is 2.25 bits per heavy atom. The lowest BCUT2D eigenvalue weighted by molar-refractivity contribution is -0.0235. The van der Waals surface area contributed by atoms with Crippen molar-refractivity contribution in [1.82, 2.24) is 5.32 Å². The molecule has 0 spiro atoms. The summed E-state index contributed by atoms with van der Waals surface area (Å²) in [5.74, 6) is 0.777. The van der Waals surface area contributed by atoms with Gasteiger partial charge >= 0.3 is 0 Å². The maximum Gasteiger partial charge on any atom is 0.0771 e. The van der Waals surface area contributed by atoms with Crippen LogP contribution in [0.5, 0.6) is 0 Å². The minimum absolute atomic E-state index is 0.401. The highest BCUT2D eigenvalue weighted by atomic mass is 16.3. The number of hydrogen-bond acceptors (Lipinski definition) is 2. The lowest BCUT2D eigenvalue weighted by Crippen LogP contribution is -2.45. The Morgan fingerprint density at radius 2 is 1.81 bits per heavy atom. The molecule has 0 atom stereocenters. The predicted octanol–water partition coefficient (Wildman–Crippen LogP) is 2.95. The molecule has 1 saturated carbocycles. The summed E-state index contributed by atoms with van der Waals surface area (Å²) < 4.78 is 0. The van der Waals surface area contributed by atoms with Gasteiger partial charge in [-0.05, 0) is 50.0 Å². The van der Waals surface area contributed by atoms with Gasteiger partial charge in [0.15, 0.2) is 0 Å². The molecular weight excluding hydrogens is 198 g/mol. The van der Waals surface area contributed by atoms with E-state index < -0.39 is 5.60 Å². The van der Waals surface area contributed by atoms with Crippen molar-refractivity contribution in [3.05, 3.63) is 0 Å². The Hall–Kier alpha value is -0.0800. The Kier molecular flexibility index (Phi) is 4.81. The average molecular weight is 227 g/mol. The van der Waals surface area contributed by atoms with Crippen molar-refractivity contribution in [2.75, 3.05) is 13.1 Å². The third-order valence-corrected chi connectivity index (χ3v) is 4.02. The standard InChI is InChI=1S/C14H29NO/c1-5-10-15-11-14(16)8-6-12(7-9-14)13(2,3)4/h12,15-16H,5-11H2,1-4H3. The summed E-state index contributed by atoms with van der Waals surface area (Å²) in [5.41, 5.74) is -0.0326. The zero-order chi connectivity index (χ0) is 12.2. The molecule has 0 aromatic carbocycles. The van der Waals surface area contributed by atoms with Gasteiger partial charge < -0.3 is 10.4 Å². The second-order valence-electron chi connectivity index (χ2n) is 6.54. The monoisotopic (exact) mass is 227 g/mol. The smallest absolute Gasteiger partial charge is 0.0771 e. The zero-order valence-electron chi connectivity index (χ0n) is 11.5. The van der Waals surface area contributed by atoms with Gasteiger partial charge in [-0.25, -0.2) is 0 Å². The van der Waals surface area contributed by atoms with Crippen LogP contribution in [-0.4, -0.2) is 23.8 Å². The minimum Gasteiger partial charge on any atom is -0.389 e. The molecule has 0 aromatic rings. The van der Waals surface area contributed by atoms with Crippen LogP contribution in [0.4, 0.5) is 0 Å². The Labute approximate surface area is 101 Å². The van der Waals surface area contributed by atoms with Crippen LogP contribution in [0, 0.1) is 11.3 Å². The van der Waals surface area contributed by atoms with Crippen molar-refractivity contribution in [2.24, 2.45) is 11.3 Å². The molecule has 1 fully saturated rings. The third kappa shape index (κ3) is 4.06. The van der Waals surface area contributed by atoms with Crippen LogP contribution in [-0.2, 0) is 0 Å². The lowest BCUT2D eigenvalue weighted by atomic mass is 9.68. The first-order valence-electron chi connectivity index (χ1n) is 6.80. The summed E-state index contributed by atoms with van der Waals surface area (Å²) in [6, 6.07) is 0. The van der Waals surface area contributed by atoms with Crippen LogP contribution in [0.25, 0.3) is 0 Å². The van der Waals surface area contributed by atoms with Crippen molar-refractivity contribution in [1.29, 1.82) is 0 Å². The fourth-order valence-corrected chi connectivity index (χ4v) is 2.70. The highest BCUT2D eigenvalue weighted by molar-refractivity contribution is 4.90. The molecule has 1 rings (SSSR count). The van der Waals surface area contributed by atoms with Gasteiger partial charge in [-0.1, -0.05) is 27.7 Å². The Morgan fingerprint density at radius 1 is 1.25 bits per heavy atom. The van der Waals surface area contributed by atoms with Crippen LogP contribution >= 0.6 is 0 Å². The van der Waals surface area contributed by atoms with Gasteiger partial charge in [-0.15, -0.1) is 0 Å². The van der Waals surface area contributed by atoms with Crippen LogP contribution < -0.4 is 5.32 Å². The largest absolute Gasteiger partial charge is 0.389 e. The second kappa shape index (κ2) is 5.50. The fraction of sp³-hybridized carbons (Fsp3) is 1.00. The number of aliphatic hydroxyl groups is 1. The maximum atomic E-state index is 10.4. The van der Waals surface area contributed by atoms with E-state index in [-0.39, 0.29) is 0 Å². The molecule has 1 aliphatic carbocycles. The average Bonchev–Trinajstić information content (AvgIpc) is 2.17. The molecule has 2 nitrogen and oxygen atoms in total. The highest BCUT2D eigenvalue weighted by Crippen LogP contribution is 2.41. The summed E-state index contributed by atoms with van der Waals surface area (Å²) in [4.78, 5) is 0. The van der Waals surface area contributed by atoms with E-state index >= 15 is 0 Å². The number of nitrogens with one attached hydrogen (secondary N) is 1. The second-order valence-corrected chi connectivity index (χ2v) is 6.54. The van der Waals surface area contributed by atoms with Crippen molar-refractivity contribution in [3.63, 3.8) is 0 Å². The lowest BCUT2D eigenvalue weighted by Gasteiger charge is -2.41. The molecule has 16 heavy (non-hydrogen) atoms. The van der Waals surface area contributed by atoms with Crippen LogP contribution in [0.2, 0.25) is 0 Å². The van der Waals surface area contributed by atoms with E-state index in [0.717, 1.165) is 38.3 Å². The van der Waals surface area contributed by atoms with Gasteiger partial charge in [-0.2, -0.15) is 0 Å². The van der Waals surface area contributed by atoms with E-state index in [1.807, 2.05) is 0 Å². The first-order valence-corrected chi connectivity index (χ1v) is 6.80. The zero-order valence-corrected chi connectivity index (χ0v) is 11.5. The molecule has 2 heteroatoms. The van der Waals surface area contributed by atoms with E-state index in [4.69, 9.17) is 0 Å². The van der Waals surface area contributed by atoms with Gasteiger partial charge in [0.25, 0.3) is 0 Å². The molecular formula is C14H29NO. The van der Waals surface area contributed by atoms with Gasteiger partial charge in [-0.3, -0.25) is 0 Å². The van der Waals surface area contributed by atoms with Crippen LogP contribution in [0.15, 0.2) is 0 Å². The van der Waals surface area contributed by atoms with E-state index in [1.54, 1.807) is 0 Å². The molecule has 96 valence electrons. The first kappa shape index (κ1) is 14.0. The fourth-order valence-electron chi connectivity index (χ4n) is 2.70. The summed E-state index contributed by atoms with van der Waals surface area (Å²) in [7, 11) is 0. The molecule has 0 aromatic heterocycles. The Balaban J connectivity index is 2.35. The van der Waals surface area contributed by atoms with Gasteiger partial charge in [0.1, 0.15) is 0 Å². The number of hydrogen-bond donors (Lipinski definition) is 2. The SMILES string of the molecule is CCCNCC1(O)CCC(C(C)(C)C)CC1. The van der Waals surface area contributed by atoms with Gasteiger partial charge in [0.2, 0.25) is 0 Å². The van der Waals surface area contributed by atoms with Crippen molar-refractivity contribution in [3.8, 4) is 0 Å². The number of rotatable bonds is 4. The summed E-state index contributed by atoms with van der Waals surface area (Å²) in [5, 5.41) is 13.8. The third-order valence-electron chi connectivity index (χ3n) is 4.02. The normalized spacial score (nSPS) is 31.7. The van der Waals surface area contributed by atoms with Crippen LogP contribution in [0.3, 0.4) is 0 Å². The molecule has 0 aliphatic heterocycles. The van der Waals surface area contributed by atoms with Gasteiger partial charge in [0.05, 0.1) is 5.60 Å².